The molecule has 1 fully saturated rings. The first kappa shape index (κ1) is 31.4. The standard InChI is InChI=1S/C30H30FN5O9/c1-3-43-27(38)19-7-5-4-6-18(19)17-10-8-16(9-11-17)12-30(28(39)40,29(41)42)44-13-20-23(37)21(31)26(45-20)36-14-33-22-24(32)34-15(2)35-25(22)36/h4-11,14,20-21,23,26,37H,3,12-13H2,1-2H3,(H,39,40)(H,41,42)(H2,32,34,35)/t20-,21+,23-,26-/m1/s1. The van der Waals surface area contributed by atoms with Crippen LogP contribution >= 0.6 is 0 Å². The summed E-state index contributed by atoms with van der Waals surface area (Å²) in [5.41, 5.74) is 5.20. The van der Waals surface area contributed by atoms with Crippen LogP contribution in [-0.2, 0) is 30.2 Å². The summed E-state index contributed by atoms with van der Waals surface area (Å²) in [5, 5.41) is 30.7. The van der Waals surface area contributed by atoms with Gasteiger partial charge < -0.3 is 35.3 Å². The number of rotatable bonds is 11. The number of anilines is 1. The summed E-state index contributed by atoms with van der Waals surface area (Å²) in [6.45, 7) is 2.69. The summed E-state index contributed by atoms with van der Waals surface area (Å²) in [4.78, 5) is 49.5. The van der Waals surface area contributed by atoms with Crippen molar-refractivity contribution in [2.75, 3.05) is 18.9 Å². The number of hydrogen-bond acceptors (Lipinski definition) is 11. The lowest BCUT2D eigenvalue weighted by atomic mass is 9.92. The van der Waals surface area contributed by atoms with Gasteiger partial charge in [-0.1, -0.05) is 42.5 Å². The van der Waals surface area contributed by atoms with Crippen molar-refractivity contribution in [1.82, 2.24) is 19.5 Å². The summed E-state index contributed by atoms with van der Waals surface area (Å²) in [6.07, 6.45) is -6.11. The maximum Gasteiger partial charge on any atom is 0.348 e. The molecule has 3 heterocycles. The molecule has 4 aromatic rings. The first-order chi connectivity index (χ1) is 21.5. The Balaban J connectivity index is 1.35. The number of alkyl halides is 1. The number of aryl methyl sites for hydroxylation is 1. The number of aliphatic carboxylic acids is 2. The molecule has 45 heavy (non-hydrogen) atoms. The smallest absolute Gasteiger partial charge is 0.348 e. The molecule has 0 unspecified atom stereocenters. The van der Waals surface area contributed by atoms with Crippen molar-refractivity contribution < 1.29 is 48.3 Å². The van der Waals surface area contributed by atoms with Crippen LogP contribution in [0.4, 0.5) is 10.2 Å². The van der Waals surface area contributed by atoms with E-state index in [9.17, 15) is 29.7 Å². The van der Waals surface area contributed by atoms with Gasteiger partial charge in [0.05, 0.1) is 25.1 Å². The van der Waals surface area contributed by atoms with Crippen LogP contribution in [0.3, 0.4) is 0 Å². The number of imidazole rings is 1. The normalized spacial score (nSPS) is 19.9. The van der Waals surface area contributed by atoms with Crippen molar-refractivity contribution >= 4 is 34.9 Å². The van der Waals surface area contributed by atoms with Crippen LogP contribution in [0.25, 0.3) is 22.3 Å². The number of nitrogens with two attached hydrogens (primary N) is 1. The Labute approximate surface area is 255 Å². The number of esters is 1. The third-order valence-electron chi connectivity index (χ3n) is 7.45. The van der Waals surface area contributed by atoms with E-state index in [1.54, 1.807) is 50.2 Å². The minimum atomic E-state index is -2.81. The molecular formula is C30H30FN5O9. The van der Waals surface area contributed by atoms with Gasteiger partial charge in [-0.05, 0) is 36.6 Å². The summed E-state index contributed by atoms with van der Waals surface area (Å²) in [7, 11) is 0. The van der Waals surface area contributed by atoms with Gasteiger partial charge in [0.25, 0.3) is 5.60 Å². The third-order valence-corrected chi connectivity index (χ3v) is 7.45. The minimum absolute atomic E-state index is 0.0639. The van der Waals surface area contributed by atoms with Crippen molar-refractivity contribution in [3.05, 3.63) is 71.8 Å². The second-order valence-corrected chi connectivity index (χ2v) is 10.4. The number of aromatic nitrogens is 4. The highest BCUT2D eigenvalue weighted by Gasteiger charge is 2.52. The van der Waals surface area contributed by atoms with Gasteiger partial charge in [-0.2, -0.15) is 0 Å². The van der Waals surface area contributed by atoms with Crippen LogP contribution in [0.1, 0.15) is 34.9 Å². The summed E-state index contributed by atoms with van der Waals surface area (Å²) in [6, 6.07) is 13.0. The Morgan fingerprint density at radius 3 is 2.44 bits per heavy atom. The monoisotopic (exact) mass is 623 g/mol. The van der Waals surface area contributed by atoms with Crippen LogP contribution < -0.4 is 5.73 Å². The van der Waals surface area contributed by atoms with E-state index in [0.29, 0.717) is 22.5 Å². The van der Waals surface area contributed by atoms with Crippen molar-refractivity contribution in [1.29, 1.82) is 0 Å². The fourth-order valence-corrected chi connectivity index (χ4v) is 5.16. The molecule has 0 bridgehead atoms. The highest BCUT2D eigenvalue weighted by molar-refractivity contribution is 6.02. The summed E-state index contributed by atoms with van der Waals surface area (Å²) < 4.78 is 32.8. The number of nitrogen functional groups attached to an aromatic ring is 1. The van der Waals surface area contributed by atoms with Gasteiger partial charge in [-0.15, -0.1) is 0 Å². The number of aliphatic hydroxyl groups excluding tert-OH is 1. The summed E-state index contributed by atoms with van der Waals surface area (Å²) >= 11 is 0. The van der Waals surface area contributed by atoms with Crippen molar-refractivity contribution in [3.8, 4) is 11.1 Å². The van der Waals surface area contributed by atoms with Crippen molar-refractivity contribution in [3.63, 3.8) is 0 Å². The predicted octanol–water partition coefficient (Wildman–Crippen LogP) is 2.32. The minimum Gasteiger partial charge on any atom is -0.479 e. The average molecular weight is 624 g/mol. The largest absolute Gasteiger partial charge is 0.479 e. The molecule has 1 aliphatic rings. The molecule has 15 heteroatoms. The maximum absolute atomic E-state index is 15.3. The van der Waals surface area contributed by atoms with Gasteiger partial charge in [0, 0.05) is 6.42 Å². The Hall–Kier alpha value is -4.99. The molecule has 0 amide bonds. The number of carboxylic acid groups (broad SMARTS) is 2. The highest BCUT2D eigenvalue weighted by Crippen LogP contribution is 2.35. The van der Waals surface area contributed by atoms with Crippen molar-refractivity contribution in [2.45, 2.75) is 50.5 Å². The van der Waals surface area contributed by atoms with Gasteiger partial charge in [0.1, 0.15) is 23.5 Å². The van der Waals surface area contributed by atoms with E-state index in [2.05, 4.69) is 15.0 Å². The first-order valence-electron chi connectivity index (χ1n) is 13.9. The number of halogens is 1. The van der Waals surface area contributed by atoms with E-state index < -0.39 is 61.1 Å². The molecule has 0 saturated carbocycles. The van der Waals surface area contributed by atoms with Gasteiger partial charge in [-0.25, -0.2) is 33.7 Å². The van der Waals surface area contributed by atoms with E-state index in [1.807, 2.05) is 0 Å². The molecule has 2 aromatic heterocycles. The number of hydrogen-bond donors (Lipinski definition) is 4. The Kier molecular flexibility index (Phi) is 8.77. The second kappa shape index (κ2) is 12.6. The molecule has 1 saturated heterocycles. The Bertz CT molecular complexity index is 1730. The Morgan fingerprint density at radius 2 is 1.78 bits per heavy atom. The van der Waals surface area contributed by atoms with E-state index in [-0.39, 0.29) is 29.2 Å². The lowest BCUT2D eigenvalue weighted by Gasteiger charge is -2.27. The quantitative estimate of drug-likeness (QED) is 0.140. The average Bonchev–Trinajstić information content (AvgIpc) is 3.55. The molecule has 0 spiro atoms. The number of nitrogens with zero attached hydrogens (tertiary/aromatic N) is 4. The van der Waals surface area contributed by atoms with Crippen LogP contribution in [0, 0.1) is 6.92 Å². The number of carbonyl (C=O) groups is 3. The lowest BCUT2D eigenvalue weighted by Crippen LogP contribution is -2.52. The number of fused-ring (bicyclic) bond motifs is 1. The molecule has 2 aromatic carbocycles. The van der Waals surface area contributed by atoms with Gasteiger partial charge in [0.15, 0.2) is 23.9 Å². The molecule has 4 atom stereocenters. The lowest BCUT2D eigenvalue weighted by molar-refractivity contribution is -0.190. The van der Waals surface area contributed by atoms with Gasteiger partial charge in [0.2, 0.25) is 0 Å². The number of benzene rings is 2. The maximum atomic E-state index is 15.3. The van der Waals surface area contributed by atoms with Crippen LogP contribution in [-0.4, -0.2) is 89.9 Å². The predicted molar refractivity (Wildman–Crippen MR) is 155 cm³/mol. The first-order valence-corrected chi connectivity index (χ1v) is 13.9. The molecular weight excluding hydrogens is 593 g/mol. The number of carbonyl (C=O) groups excluding carboxylic acids is 1. The molecule has 1 aliphatic heterocycles. The highest BCUT2D eigenvalue weighted by atomic mass is 19.1. The van der Waals surface area contributed by atoms with E-state index >= 15 is 4.39 Å². The van der Waals surface area contributed by atoms with Gasteiger partial charge in [-0.3, -0.25) is 4.57 Å². The second-order valence-electron chi connectivity index (χ2n) is 10.4. The fourth-order valence-electron chi connectivity index (χ4n) is 5.16. The summed E-state index contributed by atoms with van der Waals surface area (Å²) in [5.74, 6) is -3.77. The topological polar surface area (TPSA) is 209 Å². The zero-order valence-corrected chi connectivity index (χ0v) is 24.2. The van der Waals surface area contributed by atoms with Crippen LogP contribution in [0.2, 0.25) is 0 Å². The van der Waals surface area contributed by atoms with E-state index in [4.69, 9.17) is 19.9 Å². The molecule has 0 radical (unpaired) electrons. The zero-order valence-electron chi connectivity index (χ0n) is 24.2. The van der Waals surface area contributed by atoms with Crippen LogP contribution in [0.15, 0.2) is 54.9 Å². The molecule has 14 nitrogen and oxygen atoms in total. The SMILES string of the molecule is CCOC(=O)c1ccccc1-c1ccc(CC(OC[C@H]2O[C@@H](n3cnc4c(N)nc(C)nc43)[C@@H](F)[C@@H]2O)(C(=O)O)C(=O)O)cc1. The fraction of sp³-hybridized carbons (Fsp3) is 0.333. The molecule has 0 aliphatic carbocycles. The Morgan fingerprint density at radius 1 is 1.09 bits per heavy atom. The van der Waals surface area contributed by atoms with Gasteiger partial charge >= 0.3 is 17.9 Å². The van der Waals surface area contributed by atoms with E-state index in [1.165, 1.54) is 23.0 Å². The van der Waals surface area contributed by atoms with Crippen LogP contribution in [0.5, 0.6) is 0 Å². The molecule has 5 rings (SSSR count). The number of aliphatic hydroxyl groups is 1. The number of carboxylic acids is 2. The van der Waals surface area contributed by atoms with Crippen molar-refractivity contribution in [2.24, 2.45) is 0 Å². The molecule has 236 valence electrons. The van der Waals surface area contributed by atoms with E-state index in [0.717, 1.165) is 0 Å². The zero-order chi connectivity index (χ0) is 32.5. The number of ether oxygens (including phenoxy) is 3. The molecule has 5 N–H and O–H groups in total. The third kappa shape index (κ3) is 5.92.